The van der Waals surface area contributed by atoms with E-state index in [1.165, 1.54) is 5.56 Å². The number of benzene rings is 1. The summed E-state index contributed by atoms with van der Waals surface area (Å²) < 4.78 is 5.19. The van der Waals surface area contributed by atoms with Crippen LogP contribution in [0.3, 0.4) is 0 Å². The van der Waals surface area contributed by atoms with Crippen molar-refractivity contribution in [2.75, 3.05) is 25.5 Å². The van der Waals surface area contributed by atoms with Crippen LogP contribution in [0.1, 0.15) is 24.3 Å². The molecule has 5 rings (SSSR count). The lowest BCUT2D eigenvalue weighted by Gasteiger charge is -2.23. The van der Waals surface area contributed by atoms with Crippen LogP contribution in [0.2, 0.25) is 0 Å². The van der Waals surface area contributed by atoms with E-state index in [2.05, 4.69) is 37.7 Å². The van der Waals surface area contributed by atoms with Crippen LogP contribution in [0.15, 0.2) is 59.8 Å². The smallest absolute Gasteiger partial charge is 0.259 e. The zero-order valence-electron chi connectivity index (χ0n) is 17.8. The van der Waals surface area contributed by atoms with Crippen LogP contribution < -0.4 is 20.9 Å². The van der Waals surface area contributed by atoms with Gasteiger partial charge in [0.15, 0.2) is 0 Å². The van der Waals surface area contributed by atoms with Crippen molar-refractivity contribution in [1.29, 1.82) is 0 Å². The van der Waals surface area contributed by atoms with Gasteiger partial charge in [0.05, 0.1) is 30.6 Å². The molecular formula is C24H24N6O2. The minimum Gasteiger partial charge on any atom is -0.480 e. The molecule has 3 aromatic heterocycles. The third-order valence-corrected chi connectivity index (χ3v) is 5.82. The molecule has 162 valence electrons. The van der Waals surface area contributed by atoms with Crippen molar-refractivity contribution in [2.45, 2.75) is 18.8 Å². The number of hydrogen-bond acceptors (Lipinski definition) is 7. The van der Waals surface area contributed by atoms with Gasteiger partial charge in [-0.3, -0.25) is 9.78 Å². The Kier molecular flexibility index (Phi) is 5.51. The third-order valence-electron chi connectivity index (χ3n) is 5.82. The maximum Gasteiger partial charge on any atom is 0.259 e. The van der Waals surface area contributed by atoms with Gasteiger partial charge in [0, 0.05) is 11.9 Å². The molecule has 32 heavy (non-hydrogen) atoms. The van der Waals surface area contributed by atoms with E-state index >= 15 is 0 Å². The molecule has 8 heteroatoms. The summed E-state index contributed by atoms with van der Waals surface area (Å²) in [4.78, 5) is 28.7. The summed E-state index contributed by atoms with van der Waals surface area (Å²) >= 11 is 0. The fourth-order valence-electron chi connectivity index (χ4n) is 4.14. The molecule has 1 aromatic carbocycles. The molecule has 0 spiro atoms. The molecule has 0 amide bonds. The fourth-order valence-corrected chi connectivity index (χ4v) is 4.14. The van der Waals surface area contributed by atoms with Crippen LogP contribution in [-0.2, 0) is 0 Å². The molecule has 4 heterocycles. The number of methoxy groups -OCH3 is 1. The van der Waals surface area contributed by atoms with E-state index < -0.39 is 0 Å². The molecule has 1 saturated heterocycles. The predicted octanol–water partition coefficient (Wildman–Crippen LogP) is 3.60. The molecule has 0 saturated carbocycles. The van der Waals surface area contributed by atoms with Gasteiger partial charge in [0.1, 0.15) is 11.5 Å². The zero-order chi connectivity index (χ0) is 21.9. The average molecular weight is 428 g/mol. The first-order valence-corrected chi connectivity index (χ1v) is 10.7. The summed E-state index contributed by atoms with van der Waals surface area (Å²) in [6.45, 7) is 2.12. The Labute approximate surface area is 185 Å². The van der Waals surface area contributed by atoms with Crippen LogP contribution in [0.5, 0.6) is 5.88 Å². The quantitative estimate of drug-likeness (QED) is 0.446. The van der Waals surface area contributed by atoms with Crippen molar-refractivity contribution in [1.82, 2.24) is 25.3 Å². The highest BCUT2D eigenvalue weighted by Crippen LogP contribution is 2.29. The maximum absolute atomic E-state index is 12.6. The second kappa shape index (κ2) is 8.76. The van der Waals surface area contributed by atoms with Gasteiger partial charge in [0.25, 0.3) is 5.56 Å². The van der Waals surface area contributed by atoms with Gasteiger partial charge in [-0.2, -0.15) is 0 Å². The number of rotatable bonds is 5. The van der Waals surface area contributed by atoms with Crippen molar-refractivity contribution >= 4 is 22.3 Å². The number of ether oxygens (including phenoxy) is 1. The summed E-state index contributed by atoms with van der Waals surface area (Å²) in [6.07, 6.45) is 7.10. The minimum absolute atomic E-state index is 0.202. The average Bonchev–Trinajstić information content (AvgIpc) is 2.85. The molecule has 0 radical (unpaired) electrons. The number of piperidine rings is 1. The van der Waals surface area contributed by atoms with Gasteiger partial charge in [-0.15, -0.1) is 0 Å². The molecule has 4 aromatic rings. The molecule has 3 N–H and O–H groups in total. The monoisotopic (exact) mass is 428 g/mol. The largest absolute Gasteiger partial charge is 0.480 e. The van der Waals surface area contributed by atoms with E-state index in [0.717, 1.165) is 37.0 Å². The Balaban J connectivity index is 1.53. The Morgan fingerprint density at radius 1 is 1.03 bits per heavy atom. The standard InChI is InChI=1S/C24H24N6O2/c1-32-21-14-26-13-20(29-21)19-12-17-8-11-27-24(31)22(17)23(30-19)28-18-4-2-15(3-5-18)16-6-9-25-10-7-16/h2-5,8,11-14,16,25H,6-7,9-10H2,1H3,(H,27,31)(H,28,30). The molecule has 0 bridgehead atoms. The predicted molar refractivity (Wildman–Crippen MR) is 125 cm³/mol. The van der Waals surface area contributed by atoms with Crippen LogP contribution in [0, 0.1) is 0 Å². The summed E-state index contributed by atoms with van der Waals surface area (Å²) in [7, 11) is 1.54. The van der Waals surface area contributed by atoms with Crippen LogP contribution in [0.25, 0.3) is 22.2 Å². The first kappa shape index (κ1) is 20.1. The molecule has 8 nitrogen and oxygen atoms in total. The Morgan fingerprint density at radius 2 is 1.84 bits per heavy atom. The number of nitrogens with zero attached hydrogens (tertiary/aromatic N) is 3. The summed E-state index contributed by atoms with van der Waals surface area (Å²) in [5.74, 6) is 1.46. The number of hydrogen-bond donors (Lipinski definition) is 3. The zero-order valence-corrected chi connectivity index (χ0v) is 17.8. The van der Waals surface area contributed by atoms with Gasteiger partial charge >= 0.3 is 0 Å². The highest BCUT2D eigenvalue weighted by Gasteiger charge is 2.16. The van der Waals surface area contributed by atoms with E-state index in [-0.39, 0.29) is 5.56 Å². The molecule has 1 aliphatic rings. The Bertz CT molecular complexity index is 1300. The van der Waals surface area contributed by atoms with Crippen molar-refractivity contribution in [3.8, 4) is 17.3 Å². The molecule has 1 fully saturated rings. The van der Waals surface area contributed by atoms with Crippen LogP contribution in [-0.4, -0.2) is 40.1 Å². The number of aromatic amines is 1. The van der Waals surface area contributed by atoms with Gasteiger partial charge in [-0.05, 0) is 67.1 Å². The first-order valence-electron chi connectivity index (χ1n) is 10.7. The number of aromatic nitrogens is 4. The lowest BCUT2D eigenvalue weighted by Crippen LogP contribution is -2.26. The topological polar surface area (TPSA) is 105 Å². The van der Waals surface area contributed by atoms with E-state index in [4.69, 9.17) is 9.72 Å². The lowest BCUT2D eigenvalue weighted by atomic mass is 9.90. The number of fused-ring (bicyclic) bond motifs is 1. The second-order valence-corrected chi connectivity index (χ2v) is 7.85. The normalized spacial score (nSPS) is 14.4. The van der Waals surface area contributed by atoms with Crippen molar-refractivity contribution in [2.24, 2.45) is 0 Å². The number of nitrogens with one attached hydrogen (secondary N) is 3. The summed E-state index contributed by atoms with van der Waals surface area (Å²) in [5.41, 5.74) is 3.17. The second-order valence-electron chi connectivity index (χ2n) is 7.85. The first-order chi connectivity index (χ1) is 15.7. The molecule has 0 aliphatic carbocycles. The molecule has 0 atom stereocenters. The Hall–Kier alpha value is -3.78. The third kappa shape index (κ3) is 4.04. The van der Waals surface area contributed by atoms with Crippen molar-refractivity contribution in [3.05, 3.63) is 70.9 Å². The van der Waals surface area contributed by atoms with Gasteiger partial charge in [-0.1, -0.05) is 12.1 Å². The molecule has 1 aliphatic heterocycles. The fraction of sp³-hybridized carbons (Fsp3) is 0.250. The lowest BCUT2D eigenvalue weighted by molar-refractivity contribution is 0.396. The highest BCUT2D eigenvalue weighted by atomic mass is 16.5. The summed E-state index contributed by atoms with van der Waals surface area (Å²) in [5, 5.41) is 8.00. The van der Waals surface area contributed by atoms with Gasteiger partial charge < -0.3 is 20.4 Å². The van der Waals surface area contributed by atoms with E-state index in [0.29, 0.717) is 34.4 Å². The van der Waals surface area contributed by atoms with Gasteiger partial charge in [-0.25, -0.2) is 9.97 Å². The Morgan fingerprint density at radius 3 is 2.62 bits per heavy atom. The number of pyridine rings is 2. The SMILES string of the molecule is COc1cncc(-c2cc3cc[nH]c(=O)c3c(Nc3ccc(C4CCNCC4)cc3)n2)n1. The number of H-pyrrole nitrogens is 1. The van der Waals surface area contributed by atoms with E-state index in [1.807, 2.05) is 24.3 Å². The van der Waals surface area contributed by atoms with E-state index in [9.17, 15) is 4.79 Å². The van der Waals surface area contributed by atoms with Gasteiger partial charge in [0.2, 0.25) is 5.88 Å². The molecule has 0 unspecified atom stereocenters. The van der Waals surface area contributed by atoms with Crippen LogP contribution >= 0.6 is 0 Å². The number of anilines is 2. The maximum atomic E-state index is 12.6. The van der Waals surface area contributed by atoms with Crippen LogP contribution in [0.4, 0.5) is 11.5 Å². The minimum atomic E-state index is -0.202. The van der Waals surface area contributed by atoms with E-state index in [1.54, 1.807) is 25.7 Å². The highest BCUT2D eigenvalue weighted by molar-refractivity contribution is 5.94. The van der Waals surface area contributed by atoms with Crippen molar-refractivity contribution in [3.63, 3.8) is 0 Å². The molecular weight excluding hydrogens is 404 g/mol. The van der Waals surface area contributed by atoms with Crippen molar-refractivity contribution < 1.29 is 4.74 Å². The summed E-state index contributed by atoms with van der Waals surface area (Å²) in [6, 6.07) is 12.1.